The normalized spacial score (nSPS) is 12.8. The molecule has 4 nitrogen and oxygen atoms in total. The summed E-state index contributed by atoms with van der Waals surface area (Å²) in [4.78, 5) is 0. The molecule has 0 saturated carbocycles. The maximum Gasteiger partial charge on any atom is 0.227 e. The van der Waals surface area contributed by atoms with E-state index < -0.39 is 0 Å². The summed E-state index contributed by atoms with van der Waals surface area (Å²) in [7, 11) is 0. The van der Waals surface area contributed by atoms with Crippen LogP contribution in [0.3, 0.4) is 0 Å². The number of hydrogen-bond donors (Lipinski definition) is 3. The van der Waals surface area contributed by atoms with Crippen LogP contribution in [0.1, 0.15) is 25.6 Å². The minimum atomic E-state index is -0.122. The topological polar surface area (TPSA) is 64.6 Å². The van der Waals surface area contributed by atoms with Crippen LogP contribution in [-0.4, -0.2) is 21.9 Å². The molecule has 0 aromatic carbocycles. The number of nitrogens with zero attached hydrogens (tertiary/aromatic N) is 1. The van der Waals surface area contributed by atoms with Gasteiger partial charge in [0.1, 0.15) is 6.61 Å². The molecular weight excluding hydrogens is 182 g/mol. The van der Waals surface area contributed by atoms with Crippen molar-refractivity contribution >= 4 is 0 Å². The van der Waals surface area contributed by atoms with Crippen molar-refractivity contribution in [3.05, 3.63) is 18.0 Å². The highest BCUT2D eigenvalue weighted by atomic mass is 16.3. The Morgan fingerprint density at radius 2 is 2.07 bits per heavy atom. The van der Waals surface area contributed by atoms with Crippen LogP contribution < -0.4 is 4.57 Å². The van der Waals surface area contributed by atoms with Crippen molar-refractivity contribution in [2.45, 2.75) is 26.3 Å². The van der Waals surface area contributed by atoms with Crippen molar-refractivity contribution in [1.29, 1.82) is 0 Å². The predicted octanol–water partition coefficient (Wildman–Crippen LogP) is 0.501. The van der Waals surface area contributed by atoms with Crippen LogP contribution >= 0.6 is 0 Å². The minimum absolute atomic E-state index is 0.00187. The first-order valence-corrected chi connectivity index (χ1v) is 4.67. The third-order valence-electron chi connectivity index (χ3n) is 2.29. The highest BCUT2D eigenvalue weighted by Crippen LogP contribution is 2.26. The minimum Gasteiger partial charge on any atom is -0.504 e. The quantitative estimate of drug-likeness (QED) is 0.620. The van der Waals surface area contributed by atoms with Gasteiger partial charge in [-0.1, -0.05) is 6.92 Å². The molecule has 1 atom stereocenters. The summed E-state index contributed by atoms with van der Waals surface area (Å²) in [6.45, 7) is 3.73. The first-order valence-electron chi connectivity index (χ1n) is 4.67. The Morgan fingerprint density at radius 1 is 1.43 bits per heavy atom. The van der Waals surface area contributed by atoms with Gasteiger partial charge >= 0.3 is 0 Å². The van der Waals surface area contributed by atoms with Crippen LogP contribution in [0.15, 0.2) is 12.3 Å². The Balaban J connectivity index is 3.23. The molecule has 1 aromatic rings. The van der Waals surface area contributed by atoms with Crippen molar-refractivity contribution in [2.75, 3.05) is 6.61 Å². The van der Waals surface area contributed by atoms with E-state index in [1.54, 1.807) is 10.8 Å². The first-order chi connectivity index (χ1) is 6.61. The average Bonchev–Trinajstić information content (AvgIpc) is 2.20. The third-order valence-corrected chi connectivity index (χ3v) is 2.29. The molecule has 0 amide bonds. The molecule has 0 fully saturated rings. The van der Waals surface area contributed by atoms with E-state index in [4.69, 9.17) is 5.11 Å². The van der Waals surface area contributed by atoms with Crippen LogP contribution in [0.25, 0.3) is 0 Å². The van der Waals surface area contributed by atoms with Gasteiger partial charge in [-0.05, 0) is 0 Å². The van der Waals surface area contributed by atoms with Crippen LogP contribution in [0.5, 0.6) is 11.5 Å². The number of aliphatic hydroxyl groups is 1. The summed E-state index contributed by atoms with van der Waals surface area (Å²) in [5.41, 5.74) is 0.631. The SMILES string of the molecule is CCc1c(O)c(O)cc[n+]1[C@H](C)CO. The molecule has 78 valence electrons. The van der Waals surface area contributed by atoms with Gasteiger partial charge in [-0.25, -0.2) is 0 Å². The summed E-state index contributed by atoms with van der Waals surface area (Å²) in [6.07, 6.45) is 2.26. The first kappa shape index (κ1) is 10.8. The van der Waals surface area contributed by atoms with Gasteiger partial charge < -0.3 is 15.3 Å². The fourth-order valence-electron chi connectivity index (χ4n) is 1.44. The smallest absolute Gasteiger partial charge is 0.227 e. The lowest BCUT2D eigenvalue weighted by atomic mass is 10.2. The number of hydrogen-bond acceptors (Lipinski definition) is 3. The van der Waals surface area contributed by atoms with E-state index in [1.165, 1.54) is 6.07 Å². The van der Waals surface area contributed by atoms with E-state index in [0.717, 1.165) is 0 Å². The predicted molar refractivity (Wildman–Crippen MR) is 51.1 cm³/mol. The summed E-state index contributed by atoms with van der Waals surface area (Å²) in [5.74, 6) is -0.224. The third kappa shape index (κ3) is 1.80. The number of pyridine rings is 1. The second-order valence-electron chi connectivity index (χ2n) is 3.29. The second kappa shape index (κ2) is 4.28. The molecule has 0 unspecified atom stereocenters. The molecule has 4 heteroatoms. The van der Waals surface area contributed by atoms with Crippen molar-refractivity contribution in [1.82, 2.24) is 0 Å². The Bertz CT molecular complexity index is 325. The van der Waals surface area contributed by atoms with E-state index >= 15 is 0 Å². The summed E-state index contributed by atoms with van der Waals surface area (Å²) >= 11 is 0. The highest BCUT2D eigenvalue weighted by Gasteiger charge is 2.21. The fourth-order valence-corrected chi connectivity index (χ4v) is 1.44. The maximum absolute atomic E-state index is 9.57. The van der Waals surface area contributed by atoms with Crippen LogP contribution in [0, 0.1) is 0 Å². The Labute approximate surface area is 83.1 Å². The Hall–Kier alpha value is -1.29. The van der Waals surface area contributed by atoms with Gasteiger partial charge in [0, 0.05) is 19.4 Å². The number of rotatable bonds is 3. The molecule has 1 aromatic heterocycles. The van der Waals surface area contributed by atoms with Gasteiger partial charge in [0.15, 0.2) is 18.0 Å². The molecule has 0 bridgehead atoms. The molecule has 0 radical (unpaired) electrons. The standard InChI is InChI=1S/C10H15NO3/c1-3-8-10(14)9(13)4-5-11(8)7(2)6-12/h4-5,7,12,14H,3,6H2,1-2H3/p+1/t7-/m1/s1. The molecule has 14 heavy (non-hydrogen) atoms. The highest BCUT2D eigenvalue weighted by molar-refractivity contribution is 5.37. The summed E-state index contributed by atoms with van der Waals surface area (Å²) in [5, 5.41) is 27.9. The fraction of sp³-hybridized carbons (Fsp3) is 0.500. The zero-order valence-electron chi connectivity index (χ0n) is 8.44. The van der Waals surface area contributed by atoms with E-state index in [9.17, 15) is 10.2 Å². The molecule has 0 aliphatic carbocycles. The lowest BCUT2D eigenvalue weighted by molar-refractivity contribution is -0.728. The molecule has 0 saturated heterocycles. The van der Waals surface area contributed by atoms with Crippen LogP contribution in [0.4, 0.5) is 0 Å². The van der Waals surface area contributed by atoms with Crippen molar-refractivity contribution in [2.24, 2.45) is 0 Å². The van der Waals surface area contributed by atoms with Crippen LogP contribution in [-0.2, 0) is 6.42 Å². The molecule has 1 rings (SSSR count). The summed E-state index contributed by atoms with van der Waals surface area (Å²) < 4.78 is 1.76. The van der Waals surface area contributed by atoms with Gasteiger partial charge in [0.05, 0.1) is 0 Å². The Morgan fingerprint density at radius 3 is 2.57 bits per heavy atom. The molecule has 0 spiro atoms. The molecule has 0 aliphatic rings. The van der Waals surface area contributed by atoms with Crippen molar-refractivity contribution in [3.8, 4) is 11.5 Å². The van der Waals surface area contributed by atoms with Crippen molar-refractivity contribution in [3.63, 3.8) is 0 Å². The van der Waals surface area contributed by atoms with E-state index in [0.29, 0.717) is 12.1 Å². The maximum atomic E-state index is 9.57. The summed E-state index contributed by atoms with van der Waals surface area (Å²) in [6, 6.07) is 1.32. The number of aromatic hydroxyl groups is 2. The monoisotopic (exact) mass is 198 g/mol. The lowest BCUT2D eigenvalue weighted by Crippen LogP contribution is -2.43. The molecular formula is C10H16NO3+. The van der Waals surface area contributed by atoms with Crippen molar-refractivity contribution < 1.29 is 19.9 Å². The van der Waals surface area contributed by atoms with Gasteiger partial charge in [-0.3, -0.25) is 0 Å². The molecule has 3 N–H and O–H groups in total. The average molecular weight is 198 g/mol. The van der Waals surface area contributed by atoms with E-state index in [-0.39, 0.29) is 24.1 Å². The largest absolute Gasteiger partial charge is 0.504 e. The van der Waals surface area contributed by atoms with Gasteiger partial charge in [0.25, 0.3) is 0 Å². The molecule has 1 heterocycles. The van der Waals surface area contributed by atoms with Gasteiger partial charge in [0.2, 0.25) is 11.4 Å². The number of aliphatic hydroxyl groups excluding tert-OH is 1. The van der Waals surface area contributed by atoms with Gasteiger partial charge in [-0.15, -0.1) is 0 Å². The van der Waals surface area contributed by atoms with Gasteiger partial charge in [-0.2, -0.15) is 4.57 Å². The second-order valence-corrected chi connectivity index (χ2v) is 3.29. The zero-order chi connectivity index (χ0) is 10.7. The van der Waals surface area contributed by atoms with E-state index in [1.807, 2.05) is 13.8 Å². The van der Waals surface area contributed by atoms with E-state index in [2.05, 4.69) is 0 Å². The molecule has 0 aliphatic heterocycles. The lowest BCUT2D eigenvalue weighted by Gasteiger charge is -2.09. The Kier molecular flexibility index (Phi) is 3.30. The number of aromatic nitrogens is 1. The van der Waals surface area contributed by atoms with Crippen LogP contribution in [0.2, 0.25) is 0 Å². The zero-order valence-corrected chi connectivity index (χ0v) is 8.44.